The van der Waals surface area contributed by atoms with Gasteiger partial charge >= 0.3 is 0 Å². The van der Waals surface area contributed by atoms with Gasteiger partial charge < -0.3 is 9.88 Å². The Morgan fingerprint density at radius 2 is 1.79 bits per heavy atom. The van der Waals surface area contributed by atoms with Crippen molar-refractivity contribution in [1.82, 2.24) is 14.9 Å². The van der Waals surface area contributed by atoms with Gasteiger partial charge in [-0.1, -0.05) is 45.0 Å². The van der Waals surface area contributed by atoms with Crippen LogP contribution in [0.3, 0.4) is 0 Å². The van der Waals surface area contributed by atoms with Crippen molar-refractivity contribution in [1.29, 1.82) is 0 Å². The molecule has 0 unspecified atom stereocenters. The lowest BCUT2D eigenvalue weighted by molar-refractivity contribution is -0.117. The van der Waals surface area contributed by atoms with Crippen molar-refractivity contribution in [3.63, 3.8) is 0 Å². The molecule has 0 fully saturated rings. The first kappa shape index (κ1) is 20.5. The van der Waals surface area contributed by atoms with Crippen LogP contribution >= 0.6 is 0 Å². The van der Waals surface area contributed by atoms with Crippen molar-refractivity contribution in [2.45, 2.75) is 39.7 Å². The average Bonchev–Trinajstić information content (AvgIpc) is 3.10. The summed E-state index contributed by atoms with van der Waals surface area (Å²) in [7, 11) is 0. The van der Waals surface area contributed by atoms with Gasteiger partial charge in [0.05, 0.1) is 5.69 Å². The van der Waals surface area contributed by atoms with E-state index in [0.29, 0.717) is 16.8 Å². The maximum Gasteiger partial charge on any atom is 0.292 e. The van der Waals surface area contributed by atoms with Crippen molar-refractivity contribution in [2.24, 2.45) is 0 Å². The Labute approximate surface area is 169 Å². The molecular formula is C23H24FN3O2. The van der Waals surface area contributed by atoms with E-state index < -0.39 is 17.5 Å². The average molecular weight is 393 g/mol. The zero-order valence-corrected chi connectivity index (χ0v) is 17.0. The van der Waals surface area contributed by atoms with Gasteiger partial charge in [0, 0.05) is 24.5 Å². The van der Waals surface area contributed by atoms with E-state index in [1.54, 1.807) is 35.2 Å². The van der Waals surface area contributed by atoms with E-state index in [2.05, 4.69) is 31.1 Å². The fourth-order valence-corrected chi connectivity index (χ4v) is 3.07. The Bertz CT molecular complexity index is 1050. The smallest absolute Gasteiger partial charge is 0.292 e. The number of hydrogen-bond donors (Lipinski definition) is 1. The summed E-state index contributed by atoms with van der Waals surface area (Å²) in [6, 6.07) is 11.3. The highest BCUT2D eigenvalue weighted by Crippen LogP contribution is 2.22. The van der Waals surface area contributed by atoms with E-state index in [9.17, 15) is 14.0 Å². The van der Waals surface area contributed by atoms with E-state index in [4.69, 9.17) is 0 Å². The highest BCUT2D eigenvalue weighted by atomic mass is 19.1. The number of nitrogens with zero attached hydrogens (tertiary/aromatic N) is 2. The second kappa shape index (κ2) is 7.99. The van der Waals surface area contributed by atoms with Crippen molar-refractivity contribution in [2.75, 3.05) is 0 Å². The number of aryl methyl sites for hydroxylation is 1. The topological polar surface area (TPSA) is 64.0 Å². The van der Waals surface area contributed by atoms with E-state index in [1.165, 1.54) is 12.1 Å². The van der Waals surface area contributed by atoms with Gasteiger partial charge in [0.2, 0.25) is 5.78 Å². The molecule has 150 valence electrons. The number of aromatic nitrogens is 2. The predicted molar refractivity (Wildman–Crippen MR) is 110 cm³/mol. The molecule has 0 radical (unpaired) electrons. The van der Waals surface area contributed by atoms with Crippen LogP contribution in [0.4, 0.5) is 4.39 Å². The fourth-order valence-electron chi connectivity index (χ4n) is 3.07. The third kappa shape index (κ3) is 4.59. The van der Waals surface area contributed by atoms with Gasteiger partial charge in [0.25, 0.3) is 5.91 Å². The number of nitrogens with one attached hydrogen (secondary N) is 1. The number of benzene rings is 2. The second-order valence-corrected chi connectivity index (χ2v) is 7.96. The van der Waals surface area contributed by atoms with Gasteiger partial charge in [0.15, 0.2) is 0 Å². The minimum Gasteiger partial charge on any atom is -0.345 e. The number of carbonyl (C=O) groups excluding carboxylic acids is 2. The highest BCUT2D eigenvalue weighted by Gasteiger charge is 2.19. The van der Waals surface area contributed by atoms with Crippen LogP contribution in [0.2, 0.25) is 0 Å². The van der Waals surface area contributed by atoms with E-state index >= 15 is 0 Å². The quantitative estimate of drug-likeness (QED) is 0.524. The molecule has 2 aromatic carbocycles. The van der Waals surface area contributed by atoms with Crippen molar-refractivity contribution < 1.29 is 14.0 Å². The van der Waals surface area contributed by atoms with Gasteiger partial charge in [-0.25, -0.2) is 9.37 Å². The summed E-state index contributed by atoms with van der Waals surface area (Å²) in [6.45, 7) is 8.09. The van der Waals surface area contributed by atoms with Crippen molar-refractivity contribution in [3.05, 3.63) is 83.2 Å². The van der Waals surface area contributed by atoms with Gasteiger partial charge in [0.1, 0.15) is 11.6 Å². The molecule has 0 saturated heterocycles. The Hall–Kier alpha value is -3.28. The zero-order valence-electron chi connectivity index (χ0n) is 17.0. The van der Waals surface area contributed by atoms with Crippen LogP contribution in [0.15, 0.2) is 54.9 Å². The van der Waals surface area contributed by atoms with Crippen LogP contribution in [0.1, 0.15) is 48.1 Å². The molecule has 5 nitrogen and oxygen atoms in total. The third-order valence-corrected chi connectivity index (χ3v) is 4.79. The van der Waals surface area contributed by atoms with Crippen LogP contribution < -0.4 is 5.32 Å². The molecule has 0 saturated carbocycles. The minimum absolute atomic E-state index is 0.0232. The number of ketones is 1. The van der Waals surface area contributed by atoms with Crippen LogP contribution in [0.5, 0.6) is 0 Å². The van der Waals surface area contributed by atoms with Gasteiger partial charge in [-0.3, -0.25) is 9.59 Å². The molecule has 1 aromatic heterocycles. The lowest BCUT2D eigenvalue weighted by Gasteiger charge is -2.19. The van der Waals surface area contributed by atoms with Crippen LogP contribution in [-0.2, 0) is 16.8 Å². The number of hydrogen-bond acceptors (Lipinski definition) is 3. The Kier molecular flexibility index (Phi) is 5.64. The number of amides is 1. The lowest BCUT2D eigenvalue weighted by atomic mass is 9.86. The first-order valence-corrected chi connectivity index (χ1v) is 9.38. The molecule has 0 atom stereocenters. The van der Waals surface area contributed by atoms with Crippen molar-refractivity contribution in [3.8, 4) is 5.69 Å². The maximum absolute atomic E-state index is 13.8. The molecule has 1 amide bonds. The summed E-state index contributed by atoms with van der Waals surface area (Å²) in [6.07, 6.45) is 3.40. The summed E-state index contributed by atoms with van der Waals surface area (Å²) in [5, 5.41) is 2.60. The molecule has 0 spiro atoms. The molecule has 1 N–H and O–H groups in total. The molecule has 0 aliphatic rings. The summed E-state index contributed by atoms with van der Waals surface area (Å²) < 4.78 is 15.6. The zero-order chi connectivity index (χ0) is 21.2. The summed E-state index contributed by atoms with van der Waals surface area (Å²) in [4.78, 5) is 29.0. The monoisotopic (exact) mass is 393 g/mol. The first-order valence-electron chi connectivity index (χ1n) is 9.38. The number of Topliss-reactive ketones (excluding diaryl/α,β-unsaturated/α-hetero) is 1. The predicted octanol–water partition coefficient (Wildman–Crippen LogP) is 4.12. The Morgan fingerprint density at radius 3 is 2.38 bits per heavy atom. The summed E-state index contributed by atoms with van der Waals surface area (Å²) in [5.41, 5.74) is 2.61. The molecular weight excluding hydrogens is 369 g/mol. The molecule has 1 heterocycles. The normalized spacial score (nSPS) is 11.3. The van der Waals surface area contributed by atoms with Gasteiger partial charge in [-0.05, 0) is 41.7 Å². The van der Waals surface area contributed by atoms with E-state index in [0.717, 1.165) is 11.4 Å². The molecule has 6 heteroatoms. The largest absolute Gasteiger partial charge is 0.345 e. The fraction of sp³-hybridized carbons (Fsp3) is 0.261. The molecule has 3 aromatic rings. The number of imidazole rings is 1. The number of halogens is 1. The minimum atomic E-state index is -0.730. The highest BCUT2D eigenvalue weighted by molar-refractivity contribution is 6.42. The van der Waals surface area contributed by atoms with Crippen LogP contribution in [0, 0.1) is 12.7 Å². The Balaban J connectivity index is 1.75. The summed E-state index contributed by atoms with van der Waals surface area (Å²) in [5.74, 6) is -1.03. The van der Waals surface area contributed by atoms with E-state index in [-0.39, 0.29) is 12.0 Å². The van der Waals surface area contributed by atoms with E-state index in [1.807, 2.05) is 19.1 Å². The number of rotatable bonds is 5. The van der Waals surface area contributed by atoms with Gasteiger partial charge in [-0.15, -0.1) is 0 Å². The second-order valence-electron chi connectivity index (χ2n) is 7.96. The first-order chi connectivity index (χ1) is 13.7. The standard InChI is InChI=1S/C23H24FN3O2/c1-15-25-11-12-27(15)20-10-9-19(24)13-17(20)14-26-22(29)21(28)16-5-7-18(8-6-16)23(2,3)4/h5-13H,14H2,1-4H3,(H,26,29). The molecule has 3 rings (SSSR count). The molecule has 0 aliphatic heterocycles. The third-order valence-electron chi connectivity index (χ3n) is 4.79. The van der Waals surface area contributed by atoms with Crippen molar-refractivity contribution >= 4 is 11.7 Å². The molecule has 0 aliphatic carbocycles. The molecule has 29 heavy (non-hydrogen) atoms. The van der Waals surface area contributed by atoms with Crippen LogP contribution in [0.25, 0.3) is 5.69 Å². The summed E-state index contributed by atoms with van der Waals surface area (Å²) >= 11 is 0. The maximum atomic E-state index is 13.8. The lowest BCUT2D eigenvalue weighted by Crippen LogP contribution is -2.31. The Morgan fingerprint density at radius 1 is 1.10 bits per heavy atom. The molecule has 0 bridgehead atoms. The SMILES string of the molecule is Cc1nccn1-c1ccc(F)cc1CNC(=O)C(=O)c1ccc(C(C)(C)C)cc1. The van der Waals surface area contributed by atoms with Crippen LogP contribution in [-0.4, -0.2) is 21.2 Å². The number of carbonyl (C=O) groups is 2. The van der Waals surface area contributed by atoms with Gasteiger partial charge in [-0.2, -0.15) is 0 Å².